The van der Waals surface area contributed by atoms with E-state index in [9.17, 15) is 9.59 Å². The van der Waals surface area contributed by atoms with Gasteiger partial charge in [-0.1, -0.05) is 6.07 Å². The van der Waals surface area contributed by atoms with Crippen molar-refractivity contribution in [2.24, 2.45) is 0 Å². The van der Waals surface area contributed by atoms with E-state index < -0.39 is 0 Å². The molecule has 2 amide bonds. The van der Waals surface area contributed by atoms with E-state index >= 15 is 0 Å². The molecule has 3 N–H and O–H groups in total. The molecule has 1 atom stereocenters. The maximum absolute atomic E-state index is 12.4. The van der Waals surface area contributed by atoms with E-state index in [1.165, 1.54) is 0 Å². The van der Waals surface area contributed by atoms with Crippen molar-refractivity contribution in [2.45, 2.75) is 50.6 Å². The number of anilines is 1. The smallest absolute Gasteiger partial charge is 0.251 e. The highest BCUT2D eigenvalue weighted by atomic mass is 16.3. The van der Waals surface area contributed by atoms with Crippen LogP contribution in [-0.4, -0.2) is 53.6 Å². The quantitative estimate of drug-likeness (QED) is 0.670. The molecular formula is C19H27N3O3. The van der Waals surface area contributed by atoms with E-state index in [-0.39, 0.29) is 18.4 Å². The van der Waals surface area contributed by atoms with Crippen LogP contribution in [0.5, 0.6) is 0 Å². The van der Waals surface area contributed by atoms with Gasteiger partial charge in [-0.3, -0.25) is 14.5 Å². The largest absolute Gasteiger partial charge is 0.396 e. The summed E-state index contributed by atoms with van der Waals surface area (Å²) in [5, 5.41) is 14.8. The molecule has 0 aromatic heterocycles. The number of nitrogens with zero attached hydrogens (tertiary/aromatic N) is 1. The van der Waals surface area contributed by atoms with Crippen molar-refractivity contribution in [3.05, 3.63) is 29.8 Å². The lowest BCUT2D eigenvalue weighted by molar-refractivity contribution is -0.117. The summed E-state index contributed by atoms with van der Waals surface area (Å²) in [5.74, 6) is -0.141. The van der Waals surface area contributed by atoms with E-state index in [1.54, 1.807) is 24.3 Å². The van der Waals surface area contributed by atoms with E-state index in [2.05, 4.69) is 15.5 Å². The number of hydrogen-bond donors (Lipinski definition) is 3. The van der Waals surface area contributed by atoms with Gasteiger partial charge in [0.15, 0.2) is 0 Å². The minimum absolute atomic E-state index is 0.0596. The molecule has 1 heterocycles. The maximum Gasteiger partial charge on any atom is 0.251 e. The van der Waals surface area contributed by atoms with Crippen LogP contribution in [0.3, 0.4) is 0 Å². The van der Waals surface area contributed by atoms with Gasteiger partial charge in [0.25, 0.3) is 5.91 Å². The minimum atomic E-state index is -0.0813. The van der Waals surface area contributed by atoms with E-state index in [4.69, 9.17) is 5.11 Å². The summed E-state index contributed by atoms with van der Waals surface area (Å²) in [6, 6.07) is 7.78. The standard InChI is InChI=1S/C19H27N3O3/c23-11-3-7-17-6-2-10-22(17)13-18(24)20-16-5-1-4-14(12-16)19(25)21-15-8-9-15/h1,4-5,12,15,17,23H,2-3,6-11,13H2,(H,20,24)(H,21,25). The van der Waals surface area contributed by atoms with Crippen molar-refractivity contribution in [1.29, 1.82) is 0 Å². The second-order valence-electron chi connectivity index (χ2n) is 7.01. The number of rotatable bonds is 8. The van der Waals surface area contributed by atoms with E-state index in [0.717, 1.165) is 45.1 Å². The molecule has 1 aliphatic heterocycles. The predicted molar refractivity (Wildman–Crippen MR) is 96.5 cm³/mol. The predicted octanol–water partition coefficient (Wildman–Crippen LogP) is 1.75. The molecule has 1 aromatic carbocycles. The Morgan fingerprint density at radius 3 is 2.84 bits per heavy atom. The molecule has 1 unspecified atom stereocenters. The first-order valence-electron chi connectivity index (χ1n) is 9.21. The summed E-state index contributed by atoms with van der Waals surface area (Å²) < 4.78 is 0. The molecular weight excluding hydrogens is 318 g/mol. The lowest BCUT2D eigenvalue weighted by Crippen LogP contribution is -2.37. The van der Waals surface area contributed by atoms with Crippen molar-refractivity contribution >= 4 is 17.5 Å². The Balaban J connectivity index is 1.52. The van der Waals surface area contributed by atoms with Crippen LogP contribution in [0.4, 0.5) is 5.69 Å². The zero-order valence-electron chi connectivity index (χ0n) is 14.5. The van der Waals surface area contributed by atoms with Gasteiger partial charge in [-0.05, 0) is 63.3 Å². The topological polar surface area (TPSA) is 81.7 Å². The van der Waals surface area contributed by atoms with Crippen molar-refractivity contribution in [3.8, 4) is 0 Å². The van der Waals surface area contributed by atoms with Crippen LogP contribution >= 0.6 is 0 Å². The fourth-order valence-corrected chi connectivity index (χ4v) is 3.38. The molecule has 0 radical (unpaired) electrons. The number of benzene rings is 1. The Morgan fingerprint density at radius 2 is 2.08 bits per heavy atom. The Morgan fingerprint density at radius 1 is 1.24 bits per heavy atom. The zero-order valence-corrected chi connectivity index (χ0v) is 14.5. The summed E-state index contributed by atoms with van der Waals surface area (Å²) in [6.45, 7) is 1.48. The van der Waals surface area contributed by atoms with Gasteiger partial charge < -0.3 is 15.7 Å². The molecule has 3 rings (SSSR count). The molecule has 2 aliphatic rings. The summed E-state index contributed by atoms with van der Waals surface area (Å²) in [4.78, 5) is 26.6. The van der Waals surface area contributed by atoms with Gasteiger partial charge in [0.2, 0.25) is 5.91 Å². The third-order valence-corrected chi connectivity index (χ3v) is 4.86. The molecule has 1 saturated heterocycles. The Labute approximate surface area is 148 Å². The van der Waals surface area contributed by atoms with E-state index in [0.29, 0.717) is 29.9 Å². The van der Waals surface area contributed by atoms with Crippen LogP contribution < -0.4 is 10.6 Å². The van der Waals surface area contributed by atoms with Crippen LogP contribution in [0.1, 0.15) is 48.9 Å². The van der Waals surface area contributed by atoms with Gasteiger partial charge in [0.05, 0.1) is 6.54 Å². The number of amides is 2. The molecule has 0 bridgehead atoms. The average Bonchev–Trinajstić information content (AvgIpc) is 3.31. The fraction of sp³-hybridized carbons (Fsp3) is 0.579. The summed E-state index contributed by atoms with van der Waals surface area (Å²) >= 11 is 0. The number of nitrogens with one attached hydrogen (secondary N) is 2. The molecule has 1 aromatic rings. The highest BCUT2D eigenvalue weighted by Gasteiger charge is 2.26. The number of carbonyl (C=O) groups excluding carboxylic acids is 2. The van der Waals surface area contributed by atoms with Crippen molar-refractivity contribution in [3.63, 3.8) is 0 Å². The number of carbonyl (C=O) groups is 2. The summed E-state index contributed by atoms with van der Waals surface area (Å²) in [5.41, 5.74) is 1.23. The van der Waals surface area contributed by atoms with Gasteiger partial charge in [0.1, 0.15) is 0 Å². The third kappa shape index (κ3) is 5.28. The summed E-state index contributed by atoms with van der Waals surface area (Å²) in [6.07, 6.45) is 6.00. The Hall–Kier alpha value is -1.92. The van der Waals surface area contributed by atoms with Gasteiger partial charge in [0, 0.05) is 29.9 Å². The van der Waals surface area contributed by atoms with Gasteiger partial charge in [-0.2, -0.15) is 0 Å². The Bertz CT molecular complexity index is 616. The SMILES string of the molecule is O=C(CN1CCCC1CCCO)Nc1cccc(C(=O)NC2CC2)c1. The first-order valence-corrected chi connectivity index (χ1v) is 9.21. The van der Waals surface area contributed by atoms with Crippen molar-refractivity contribution < 1.29 is 14.7 Å². The van der Waals surface area contributed by atoms with Crippen molar-refractivity contribution in [2.75, 3.05) is 25.0 Å². The zero-order chi connectivity index (χ0) is 17.6. The first-order chi connectivity index (χ1) is 12.2. The monoisotopic (exact) mass is 345 g/mol. The van der Waals surface area contributed by atoms with Crippen molar-refractivity contribution in [1.82, 2.24) is 10.2 Å². The highest BCUT2D eigenvalue weighted by Crippen LogP contribution is 2.22. The van der Waals surface area contributed by atoms with Crippen LogP contribution in [0.2, 0.25) is 0 Å². The van der Waals surface area contributed by atoms with Crippen LogP contribution in [0.15, 0.2) is 24.3 Å². The van der Waals surface area contributed by atoms with Gasteiger partial charge in [-0.25, -0.2) is 0 Å². The highest BCUT2D eigenvalue weighted by molar-refractivity contribution is 5.97. The second-order valence-corrected chi connectivity index (χ2v) is 7.01. The molecule has 25 heavy (non-hydrogen) atoms. The van der Waals surface area contributed by atoms with Crippen LogP contribution in [0, 0.1) is 0 Å². The first kappa shape index (κ1) is 17.9. The minimum Gasteiger partial charge on any atom is -0.396 e. The number of likely N-dealkylation sites (tertiary alicyclic amines) is 1. The Kier molecular flexibility index (Phi) is 6.04. The van der Waals surface area contributed by atoms with Gasteiger partial charge >= 0.3 is 0 Å². The number of hydrogen-bond acceptors (Lipinski definition) is 4. The number of aliphatic hydroxyl groups is 1. The molecule has 136 valence electrons. The lowest BCUT2D eigenvalue weighted by atomic mass is 10.1. The second kappa shape index (κ2) is 8.45. The molecule has 2 fully saturated rings. The lowest BCUT2D eigenvalue weighted by Gasteiger charge is -2.23. The summed E-state index contributed by atoms with van der Waals surface area (Å²) in [7, 11) is 0. The fourth-order valence-electron chi connectivity index (χ4n) is 3.38. The third-order valence-electron chi connectivity index (χ3n) is 4.86. The molecule has 1 saturated carbocycles. The van der Waals surface area contributed by atoms with Gasteiger partial charge in [-0.15, -0.1) is 0 Å². The van der Waals surface area contributed by atoms with E-state index in [1.807, 2.05) is 0 Å². The molecule has 0 spiro atoms. The number of aliphatic hydroxyl groups excluding tert-OH is 1. The normalized spacial score (nSPS) is 20.4. The van der Waals surface area contributed by atoms with Crippen LogP contribution in [-0.2, 0) is 4.79 Å². The molecule has 1 aliphatic carbocycles. The molecule has 6 nitrogen and oxygen atoms in total. The average molecular weight is 345 g/mol. The maximum atomic E-state index is 12.4. The molecule has 6 heteroatoms. The van der Waals surface area contributed by atoms with Crippen LogP contribution in [0.25, 0.3) is 0 Å².